The molecule has 1 aliphatic rings. The highest BCUT2D eigenvalue weighted by atomic mass is 127. The zero-order valence-corrected chi connectivity index (χ0v) is 27.4. The van der Waals surface area contributed by atoms with Gasteiger partial charge in [-0.2, -0.15) is 5.26 Å². The summed E-state index contributed by atoms with van der Waals surface area (Å²) < 4.78 is 25.5. The summed E-state index contributed by atoms with van der Waals surface area (Å²) in [6, 6.07) is 19.6. The van der Waals surface area contributed by atoms with Gasteiger partial charge in [0.05, 0.1) is 51.8 Å². The maximum atomic E-state index is 14.0. The molecular formula is C33H28IN3O6S. The molecule has 0 saturated carbocycles. The van der Waals surface area contributed by atoms with Crippen molar-refractivity contribution >= 4 is 46.0 Å². The number of benzene rings is 3. The normalized spacial score (nSPS) is 14.4. The van der Waals surface area contributed by atoms with Crippen LogP contribution in [0.4, 0.5) is 0 Å². The van der Waals surface area contributed by atoms with Crippen LogP contribution in [-0.4, -0.2) is 31.4 Å². The molecule has 44 heavy (non-hydrogen) atoms. The Morgan fingerprint density at radius 2 is 1.84 bits per heavy atom. The maximum Gasteiger partial charge on any atom is 0.338 e. The number of rotatable bonds is 9. The standard InChI is InChI=1S/C33H28IN3O6S/c1-5-42-32(39)28-19(2)36-33-37(29(28)23-12-8-9-13-25(23)40-3)31(38)27(44-33)16-20-14-24(34)30(26(15-20)41-4)43-18-22-11-7-6-10-21(22)17-35/h6-16,29H,5,18H2,1-4H3/b27-16+/t29-/m1/s1. The molecular weight excluding hydrogens is 693 g/mol. The van der Waals surface area contributed by atoms with Crippen molar-refractivity contribution in [1.82, 2.24) is 4.57 Å². The van der Waals surface area contributed by atoms with Gasteiger partial charge in [0.2, 0.25) is 0 Å². The van der Waals surface area contributed by atoms with Crippen molar-refractivity contribution in [1.29, 1.82) is 5.26 Å². The van der Waals surface area contributed by atoms with Gasteiger partial charge >= 0.3 is 5.97 Å². The lowest BCUT2D eigenvalue weighted by atomic mass is 9.95. The fourth-order valence-electron chi connectivity index (χ4n) is 5.00. The van der Waals surface area contributed by atoms with E-state index in [4.69, 9.17) is 18.9 Å². The molecule has 0 amide bonds. The number of methoxy groups -OCH3 is 2. The second kappa shape index (κ2) is 13.5. The summed E-state index contributed by atoms with van der Waals surface area (Å²) in [6.07, 6.45) is 1.77. The van der Waals surface area contributed by atoms with Gasteiger partial charge in [0.15, 0.2) is 16.3 Å². The molecule has 5 rings (SSSR count). The Labute approximate surface area is 271 Å². The minimum atomic E-state index is -0.787. The zero-order valence-electron chi connectivity index (χ0n) is 24.4. The fourth-order valence-corrected chi connectivity index (χ4v) is 6.83. The summed E-state index contributed by atoms with van der Waals surface area (Å²) in [5, 5.41) is 9.42. The third-order valence-corrected chi connectivity index (χ3v) is 8.79. The van der Waals surface area contributed by atoms with E-state index in [1.165, 1.54) is 15.9 Å². The van der Waals surface area contributed by atoms with E-state index in [-0.39, 0.29) is 24.3 Å². The van der Waals surface area contributed by atoms with Gasteiger partial charge < -0.3 is 18.9 Å². The lowest BCUT2D eigenvalue weighted by Gasteiger charge is -2.25. The van der Waals surface area contributed by atoms with Gasteiger partial charge in [-0.15, -0.1) is 0 Å². The van der Waals surface area contributed by atoms with Crippen LogP contribution in [0.5, 0.6) is 17.2 Å². The number of hydrogen-bond donors (Lipinski definition) is 0. The van der Waals surface area contributed by atoms with Gasteiger partial charge in [0, 0.05) is 11.1 Å². The highest BCUT2D eigenvalue weighted by Crippen LogP contribution is 2.37. The van der Waals surface area contributed by atoms with Crippen LogP contribution in [0, 0.1) is 14.9 Å². The number of aromatic nitrogens is 1. The van der Waals surface area contributed by atoms with E-state index >= 15 is 0 Å². The van der Waals surface area contributed by atoms with Crippen LogP contribution in [0.3, 0.4) is 0 Å². The number of allylic oxidation sites excluding steroid dienone is 1. The third kappa shape index (κ3) is 6.00. The van der Waals surface area contributed by atoms with Crippen LogP contribution in [-0.2, 0) is 16.1 Å². The minimum Gasteiger partial charge on any atom is -0.496 e. The molecule has 4 aromatic rings. The van der Waals surface area contributed by atoms with Crippen LogP contribution < -0.4 is 29.1 Å². The average Bonchev–Trinajstić information content (AvgIpc) is 3.33. The molecule has 0 spiro atoms. The summed E-state index contributed by atoms with van der Waals surface area (Å²) in [5.74, 6) is 1.02. The van der Waals surface area contributed by atoms with Gasteiger partial charge in [0.25, 0.3) is 5.56 Å². The quantitative estimate of drug-likeness (QED) is 0.179. The van der Waals surface area contributed by atoms with Crippen molar-refractivity contribution in [3.05, 3.63) is 117 Å². The van der Waals surface area contributed by atoms with E-state index in [1.807, 2.05) is 42.5 Å². The van der Waals surface area contributed by atoms with Crippen LogP contribution in [0.1, 0.15) is 42.1 Å². The minimum absolute atomic E-state index is 0.184. The van der Waals surface area contributed by atoms with Gasteiger partial charge in [0.1, 0.15) is 18.4 Å². The Morgan fingerprint density at radius 1 is 1.11 bits per heavy atom. The maximum absolute atomic E-state index is 14.0. The van der Waals surface area contributed by atoms with E-state index in [9.17, 15) is 14.9 Å². The molecule has 0 unspecified atom stereocenters. The SMILES string of the molecule is CCOC(=O)C1=C(C)N=c2s/c(=C/c3cc(I)c(OCc4ccccc4C#N)c(OC)c3)c(=O)n2[C@@H]1c1ccccc1OC. The molecule has 0 N–H and O–H groups in total. The molecule has 0 bridgehead atoms. The van der Waals surface area contributed by atoms with Gasteiger partial charge in [-0.25, -0.2) is 9.79 Å². The molecule has 1 aliphatic heterocycles. The van der Waals surface area contributed by atoms with Gasteiger partial charge in [-0.3, -0.25) is 9.36 Å². The zero-order chi connectivity index (χ0) is 31.4. The molecule has 1 atom stereocenters. The summed E-state index contributed by atoms with van der Waals surface area (Å²) >= 11 is 3.39. The van der Waals surface area contributed by atoms with Crippen LogP contribution >= 0.6 is 33.9 Å². The lowest BCUT2D eigenvalue weighted by Crippen LogP contribution is -2.40. The number of esters is 1. The van der Waals surface area contributed by atoms with Crippen LogP contribution in [0.25, 0.3) is 6.08 Å². The number of thiazole rings is 1. The predicted molar refractivity (Wildman–Crippen MR) is 175 cm³/mol. The molecule has 0 saturated heterocycles. The summed E-state index contributed by atoms with van der Waals surface area (Å²) in [5.41, 5.74) is 3.13. The molecule has 0 aliphatic carbocycles. The van der Waals surface area contributed by atoms with Crippen LogP contribution in [0.15, 0.2) is 81.7 Å². The Balaban J connectivity index is 1.59. The molecule has 11 heteroatoms. The smallest absolute Gasteiger partial charge is 0.338 e. The predicted octanol–water partition coefficient (Wildman–Crippen LogP) is 4.87. The third-order valence-electron chi connectivity index (χ3n) is 7.01. The molecule has 9 nitrogen and oxygen atoms in total. The highest BCUT2D eigenvalue weighted by Gasteiger charge is 2.35. The number of halogens is 1. The topological polar surface area (TPSA) is 112 Å². The van der Waals surface area contributed by atoms with E-state index in [0.29, 0.717) is 43.4 Å². The van der Waals surface area contributed by atoms with Crippen molar-refractivity contribution in [3.8, 4) is 23.3 Å². The largest absolute Gasteiger partial charge is 0.496 e. The Morgan fingerprint density at radius 3 is 2.57 bits per heavy atom. The van der Waals surface area contributed by atoms with Crippen molar-refractivity contribution in [2.75, 3.05) is 20.8 Å². The van der Waals surface area contributed by atoms with E-state index in [1.54, 1.807) is 52.3 Å². The number of hydrogen-bond acceptors (Lipinski definition) is 9. The lowest BCUT2D eigenvalue weighted by molar-refractivity contribution is -0.139. The van der Waals surface area contributed by atoms with Gasteiger partial charge in [-0.05, 0) is 72.3 Å². The van der Waals surface area contributed by atoms with Gasteiger partial charge in [-0.1, -0.05) is 47.7 Å². The van der Waals surface area contributed by atoms with E-state index < -0.39 is 12.0 Å². The van der Waals surface area contributed by atoms with E-state index in [0.717, 1.165) is 14.7 Å². The Bertz CT molecular complexity index is 2010. The monoisotopic (exact) mass is 721 g/mol. The molecule has 3 aromatic carbocycles. The summed E-state index contributed by atoms with van der Waals surface area (Å²) in [4.78, 5) is 32.3. The first-order valence-corrected chi connectivity index (χ1v) is 15.5. The number of nitrogens with zero attached hydrogens (tertiary/aromatic N) is 3. The number of carbonyl (C=O) groups excluding carboxylic acids is 1. The van der Waals surface area contributed by atoms with Crippen LogP contribution in [0.2, 0.25) is 0 Å². The second-order valence-electron chi connectivity index (χ2n) is 9.64. The summed E-state index contributed by atoms with van der Waals surface area (Å²) in [6.45, 7) is 3.86. The summed E-state index contributed by atoms with van der Waals surface area (Å²) in [7, 11) is 3.10. The van der Waals surface area contributed by atoms with Crippen molar-refractivity contribution < 1.29 is 23.7 Å². The first-order valence-electron chi connectivity index (χ1n) is 13.6. The molecule has 224 valence electrons. The second-order valence-corrected chi connectivity index (χ2v) is 11.8. The van der Waals surface area contributed by atoms with E-state index in [2.05, 4.69) is 33.7 Å². The number of ether oxygens (including phenoxy) is 4. The average molecular weight is 722 g/mol. The fraction of sp³-hybridized carbons (Fsp3) is 0.212. The Hall–Kier alpha value is -4.41. The molecule has 0 fully saturated rings. The molecule has 2 heterocycles. The first-order chi connectivity index (χ1) is 21.3. The van der Waals surface area contributed by atoms with Crippen molar-refractivity contribution in [2.45, 2.75) is 26.5 Å². The van der Waals surface area contributed by atoms with Crippen molar-refractivity contribution in [3.63, 3.8) is 0 Å². The number of para-hydroxylation sites is 1. The molecule has 0 radical (unpaired) electrons. The number of carbonyl (C=O) groups is 1. The number of fused-ring (bicyclic) bond motifs is 1. The van der Waals surface area contributed by atoms with Crippen molar-refractivity contribution in [2.24, 2.45) is 4.99 Å². The highest BCUT2D eigenvalue weighted by molar-refractivity contribution is 14.1. The Kier molecular flexibility index (Phi) is 9.51. The first kappa shape index (κ1) is 31.0. The molecule has 1 aromatic heterocycles. The number of nitriles is 1.